The Labute approximate surface area is 95.9 Å². The van der Waals surface area contributed by atoms with Gasteiger partial charge in [-0.25, -0.2) is 4.39 Å². The van der Waals surface area contributed by atoms with Crippen molar-refractivity contribution in [2.75, 3.05) is 5.73 Å². The van der Waals surface area contributed by atoms with Crippen molar-refractivity contribution in [3.05, 3.63) is 52.8 Å². The van der Waals surface area contributed by atoms with Gasteiger partial charge in [0.1, 0.15) is 5.82 Å². The first-order valence-corrected chi connectivity index (χ1v) is 5.28. The summed E-state index contributed by atoms with van der Waals surface area (Å²) in [6, 6.07) is 12.0. The summed E-state index contributed by atoms with van der Waals surface area (Å²) in [4.78, 5) is 0. The average Bonchev–Trinajstić information content (AvgIpc) is 2.23. The first-order chi connectivity index (χ1) is 7.18. The maximum atomic E-state index is 13.6. The van der Waals surface area contributed by atoms with Gasteiger partial charge < -0.3 is 5.73 Å². The molecule has 0 aromatic heterocycles. The molecule has 0 amide bonds. The van der Waals surface area contributed by atoms with E-state index in [1.165, 1.54) is 6.07 Å². The minimum Gasteiger partial charge on any atom is -0.399 e. The zero-order valence-electron chi connectivity index (χ0n) is 7.87. The Morgan fingerprint density at radius 3 is 2.47 bits per heavy atom. The summed E-state index contributed by atoms with van der Waals surface area (Å²) in [5.74, 6) is -0.267. The van der Waals surface area contributed by atoms with Gasteiger partial charge in [0.25, 0.3) is 0 Å². The molecule has 1 nitrogen and oxygen atoms in total. The van der Waals surface area contributed by atoms with Crippen LogP contribution in [0, 0.1) is 5.82 Å². The van der Waals surface area contributed by atoms with E-state index in [4.69, 9.17) is 5.73 Å². The van der Waals surface area contributed by atoms with Gasteiger partial charge in [-0.1, -0.05) is 34.1 Å². The van der Waals surface area contributed by atoms with Crippen LogP contribution in [0.25, 0.3) is 11.1 Å². The molecule has 0 saturated heterocycles. The van der Waals surface area contributed by atoms with E-state index in [0.29, 0.717) is 11.3 Å². The van der Waals surface area contributed by atoms with E-state index in [0.717, 1.165) is 10.0 Å². The number of halogens is 2. The Morgan fingerprint density at radius 2 is 1.73 bits per heavy atom. The van der Waals surface area contributed by atoms with Gasteiger partial charge in [-0.3, -0.25) is 0 Å². The molecule has 2 N–H and O–H groups in total. The fraction of sp³-hybridized carbons (Fsp3) is 0. The van der Waals surface area contributed by atoms with Gasteiger partial charge in [-0.2, -0.15) is 0 Å². The topological polar surface area (TPSA) is 26.0 Å². The molecule has 15 heavy (non-hydrogen) atoms. The van der Waals surface area contributed by atoms with Crippen molar-refractivity contribution in [3.8, 4) is 11.1 Å². The fourth-order valence-electron chi connectivity index (χ4n) is 1.43. The van der Waals surface area contributed by atoms with Crippen LogP contribution in [0.3, 0.4) is 0 Å². The third kappa shape index (κ3) is 2.02. The molecule has 2 rings (SSSR count). The van der Waals surface area contributed by atoms with Crippen LogP contribution < -0.4 is 5.73 Å². The predicted octanol–water partition coefficient (Wildman–Crippen LogP) is 3.84. The summed E-state index contributed by atoms with van der Waals surface area (Å²) in [7, 11) is 0. The average molecular weight is 266 g/mol. The van der Waals surface area contributed by atoms with Crippen LogP contribution in [0.1, 0.15) is 0 Å². The molecule has 0 atom stereocenters. The molecule has 2 aromatic rings. The Balaban J connectivity index is 2.64. The van der Waals surface area contributed by atoms with Gasteiger partial charge in [0.15, 0.2) is 0 Å². The van der Waals surface area contributed by atoms with E-state index in [9.17, 15) is 4.39 Å². The maximum absolute atomic E-state index is 13.6. The van der Waals surface area contributed by atoms with Gasteiger partial charge in [0.05, 0.1) is 0 Å². The number of hydrogen-bond acceptors (Lipinski definition) is 1. The molecule has 0 aliphatic rings. The van der Waals surface area contributed by atoms with E-state index >= 15 is 0 Å². The molecular weight excluding hydrogens is 257 g/mol. The van der Waals surface area contributed by atoms with Crippen LogP contribution in [0.15, 0.2) is 46.9 Å². The Kier molecular flexibility index (Phi) is 2.73. The SMILES string of the molecule is Nc1ccc(F)c(-c2ccccc2Br)c1. The van der Waals surface area contributed by atoms with Gasteiger partial charge in [-0.05, 0) is 29.8 Å². The third-order valence-corrected chi connectivity index (χ3v) is 2.85. The van der Waals surface area contributed by atoms with Crippen LogP contribution in [-0.2, 0) is 0 Å². The van der Waals surface area contributed by atoms with Gasteiger partial charge >= 0.3 is 0 Å². The highest BCUT2D eigenvalue weighted by Gasteiger charge is 2.07. The van der Waals surface area contributed by atoms with Gasteiger partial charge in [-0.15, -0.1) is 0 Å². The largest absolute Gasteiger partial charge is 0.399 e. The van der Waals surface area contributed by atoms with Crippen LogP contribution in [0.2, 0.25) is 0 Å². The molecule has 0 spiro atoms. The van der Waals surface area contributed by atoms with Crippen LogP contribution in [-0.4, -0.2) is 0 Å². The highest BCUT2D eigenvalue weighted by Crippen LogP contribution is 2.30. The van der Waals surface area contributed by atoms with Crippen molar-refractivity contribution < 1.29 is 4.39 Å². The van der Waals surface area contributed by atoms with E-state index < -0.39 is 0 Å². The number of benzene rings is 2. The molecule has 0 aliphatic carbocycles. The Morgan fingerprint density at radius 1 is 1.00 bits per heavy atom. The number of anilines is 1. The van der Waals surface area contributed by atoms with Crippen molar-refractivity contribution in [1.29, 1.82) is 0 Å². The molecule has 0 heterocycles. The second kappa shape index (κ2) is 4.03. The lowest BCUT2D eigenvalue weighted by atomic mass is 10.0. The minimum absolute atomic E-state index is 0.267. The molecular formula is C12H9BrFN. The smallest absolute Gasteiger partial charge is 0.131 e. The van der Waals surface area contributed by atoms with Crippen molar-refractivity contribution >= 4 is 21.6 Å². The molecule has 0 bridgehead atoms. The standard InChI is InChI=1S/C12H9BrFN/c13-11-4-2-1-3-9(11)10-7-8(15)5-6-12(10)14/h1-7H,15H2. The zero-order chi connectivity index (χ0) is 10.8. The van der Waals surface area contributed by atoms with Crippen molar-refractivity contribution in [2.45, 2.75) is 0 Å². The highest BCUT2D eigenvalue weighted by atomic mass is 79.9. The number of hydrogen-bond donors (Lipinski definition) is 1. The monoisotopic (exact) mass is 265 g/mol. The zero-order valence-corrected chi connectivity index (χ0v) is 9.46. The summed E-state index contributed by atoms with van der Waals surface area (Å²) in [6.45, 7) is 0. The van der Waals surface area contributed by atoms with Gasteiger partial charge in [0.2, 0.25) is 0 Å². The summed E-state index contributed by atoms with van der Waals surface area (Å²) in [6.07, 6.45) is 0. The van der Waals surface area contributed by atoms with E-state index in [-0.39, 0.29) is 5.82 Å². The fourth-order valence-corrected chi connectivity index (χ4v) is 1.93. The Bertz CT molecular complexity index is 497. The lowest BCUT2D eigenvalue weighted by Crippen LogP contribution is -1.90. The number of nitrogen functional groups attached to an aromatic ring is 1. The van der Waals surface area contributed by atoms with Crippen LogP contribution >= 0.6 is 15.9 Å². The molecule has 0 radical (unpaired) electrons. The first-order valence-electron chi connectivity index (χ1n) is 4.48. The molecule has 0 saturated carbocycles. The molecule has 2 aromatic carbocycles. The lowest BCUT2D eigenvalue weighted by Gasteiger charge is -2.06. The quantitative estimate of drug-likeness (QED) is 0.780. The van der Waals surface area contributed by atoms with Crippen molar-refractivity contribution in [3.63, 3.8) is 0 Å². The van der Waals surface area contributed by atoms with Crippen LogP contribution in [0.4, 0.5) is 10.1 Å². The summed E-state index contributed by atoms with van der Waals surface area (Å²) in [5, 5.41) is 0. The maximum Gasteiger partial charge on any atom is 0.131 e. The molecule has 0 unspecified atom stereocenters. The summed E-state index contributed by atoms with van der Waals surface area (Å²) >= 11 is 3.38. The summed E-state index contributed by atoms with van der Waals surface area (Å²) < 4.78 is 14.4. The van der Waals surface area contributed by atoms with E-state index in [1.807, 2.05) is 24.3 Å². The normalized spacial score (nSPS) is 10.3. The van der Waals surface area contributed by atoms with Gasteiger partial charge in [0, 0.05) is 15.7 Å². The second-order valence-electron chi connectivity index (χ2n) is 3.22. The Hall–Kier alpha value is -1.35. The third-order valence-electron chi connectivity index (χ3n) is 2.15. The van der Waals surface area contributed by atoms with E-state index in [2.05, 4.69) is 15.9 Å². The minimum atomic E-state index is -0.267. The van der Waals surface area contributed by atoms with Crippen molar-refractivity contribution in [2.24, 2.45) is 0 Å². The van der Waals surface area contributed by atoms with Crippen molar-refractivity contribution in [1.82, 2.24) is 0 Å². The van der Waals surface area contributed by atoms with Crippen LogP contribution in [0.5, 0.6) is 0 Å². The van der Waals surface area contributed by atoms with E-state index in [1.54, 1.807) is 12.1 Å². The second-order valence-corrected chi connectivity index (χ2v) is 4.07. The molecule has 76 valence electrons. The lowest BCUT2D eigenvalue weighted by molar-refractivity contribution is 0.631. The predicted molar refractivity (Wildman–Crippen MR) is 63.9 cm³/mol. The number of nitrogens with two attached hydrogens (primary N) is 1. The molecule has 0 fully saturated rings. The number of rotatable bonds is 1. The highest BCUT2D eigenvalue weighted by molar-refractivity contribution is 9.10. The summed E-state index contributed by atoms with van der Waals surface area (Å²) in [5.41, 5.74) is 7.51. The first kappa shape index (κ1) is 10.2. The molecule has 3 heteroatoms. The molecule has 0 aliphatic heterocycles.